The Kier molecular flexibility index (Phi) is 8.32. The van der Waals surface area contributed by atoms with Gasteiger partial charge in [-0.25, -0.2) is 17.6 Å². The van der Waals surface area contributed by atoms with E-state index in [9.17, 15) is 22.7 Å². The second kappa shape index (κ2) is 11.5. The Morgan fingerprint density at radius 3 is 2.30 bits per heavy atom. The van der Waals surface area contributed by atoms with E-state index in [1.165, 1.54) is 36.4 Å². The van der Waals surface area contributed by atoms with Gasteiger partial charge in [-0.15, -0.1) is 0 Å². The van der Waals surface area contributed by atoms with Crippen molar-refractivity contribution < 1.29 is 31.8 Å². The van der Waals surface area contributed by atoms with Crippen molar-refractivity contribution in [2.75, 3.05) is 6.61 Å². The molecule has 196 valence electrons. The standard InChI is InChI=1S/C30H29F5O2/c1-3-5-25(36)23-13-12-21(27(32)29(23)34)18-8-6-17(7-9-18)20-11-10-19(16-24(20)31)22-14-15-26(37-4-2)30(35)28(22)33/h6,10-16,18,25,36H,3-5,7-9H2,1-2H3. The molecule has 37 heavy (non-hydrogen) atoms. The second-order valence-corrected chi connectivity index (χ2v) is 9.24. The molecule has 0 fully saturated rings. The Morgan fingerprint density at radius 2 is 1.65 bits per heavy atom. The molecular formula is C30H29F5O2. The van der Waals surface area contributed by atoms with Crippen LogP contribution in [0.15, 0.2) is 48.5 Å². The molecule has 1 aliphatic rings. The van der Waals surface area contributed by atoms with Crippen LogP contribution in [0.25, 0.3) is 16.7 Å². The van der Waals surface area contributed by atoms with E-state index in [0.29, 0.717) is 37.7 Å². The van der Waals surface area contributed by atoms with E-state index in [0.717, 1.165) is 11.6 Å². The van der Waals surface area contributed by atoms with E-state index in [1.54, 1.807) is 13.0 Å². The van der Waals surface area contributed by atoms with Crippen LogP contribution >= 0.6 is 0 Å². The summed E-state index contributed by atoms with van der Waals surface area (Å²) < 4.78 is 78.4. The van der Waals surface area contributed by atoms with Crippen LogP contribution in [0.3, 0.4) is 0 Å². The predicted molar refractivity (Wildman–Crippen MR) is 134 cm³/mol. The molecule has 0 spiro atoms. The molecule has 2 unspecified atom stereocenters. The van der Waals surface area contributed by atoms with Crippen LogP contribution in [-0.4, -0.2) is 11.7 Å². The van der Waals surface area contributed by atoms with Gasteiger partial charge in [-0.1, -0.05) is 43.7 Å². The lowest BCUT2D eigenvalue weighted by Gasteiger charge is -2.24. The molecular weight excluding hydrogens is 487 g/mol. The lowest BCUT2D eigenvalue weighted by Crippen LogP contribution is -2.10. The number of aliphatic hydroxyl groups is 1. The molecule has 3 aromatic rings. The van der Waals surface area contributed by atoms with E-state index in [2.05, 4.69) is 0 Å². The van der Waals surface area contributed by atoms with Crippen LogP contribution in [0.5, 0.6) is 5.75 Å². The summed E-state index contributed by atoms with van der Waals surface area (Å²) >= 11 is 0. The van der Waals surface area contributed by atoms with E-state index >= 15 is 4.39 Å². The molecule has 0 radical (unpaired) electrons. The second-order valence-electron chi connectivity index (χ2n) is 9.24. The van der Waals surface area contributed by atoms with Crippen LogP contribution in [0.2, 0.25) is 0 Å². The Balaban J connectivity index is 1.54. The molecule has 0 saturated heterocycles. The largest absolute Gasteiger partial charge is 0.491 e. The highest BCUT2D eigenvalue weighted by molar-refractivity contribution is 5.72. The number of allylic oxidation sites excluding steroid dienone is 2. The molecule has 1 N–H and O–H groups in total. The lowest BCUT2D eigenvalue weighted by molar-refractivity contribution is 0.160. The fourth-order valence-electron chi connectivity index (χ4n) is 4.91. The van der Waals surface area contributed by atoms with Gasteiger partial charge in [0, 0.05) is 16.7 Å². The molecule has 0 amide bonds. The van der Waals surface area contributed by atoms with Crippen molar-refractivity contribution in [3.8, 4) is 16.9 Å². The summed E-state index contributed by atoms with van der Waals surface area (Å²) in [6, 6.07) is 9.84. The predicted octanol–water partition coefficient (Wildman–Crippen LogP) is 8.63. The maximum absolute atomic E-state index is 15.1. The van der Waals surface area contributed by atoms with Crippen LogP contribution in [-0.2, 0) is 0 Å². The Bertz CT molecular complexity index is 1320. The van der Waals surface area contributed by atoms with Gasteiger partial charge in [0.05, 0.1) is 12.7 Å². The molecule has 0 bridgehead atoms. The first kappa shape index (κ1) is 26.9. The molecule has 7 heteroatoms. The van der Waals surface area contributed by atoms with Crippen LogP contribution in [0, 0.1) is 29.1 Å². The molecule has 1 aliphatic carbocycles. The summed E-state index contributed by atoms with van der Waals surface area (Å²) in [4.78, 5) is 0. The third kappa shape index (κ3) is 5.42. The number of halogens is 5. The first-order chi connectivity index (χ1) is 17.8. The minimum atomic E-state index is -1.12. The fourth-order valence-corrected chi connectivity index (χ4v) is 4.91. The highest BCUT2D eigenvalue weighted by Gasteiger charge is 2.26. The monoisotopic (exact) mass is 516 g/mol. The molecule has 2 atom stereocenters. The number of hydrogen-bond acceptors (Lipinski definition) is 2. The minimum absolute atomic E-state index is 0.0406. The average molecular weight is 517 g/mol. The Morgan fingerprint density at radius 1 is 0.892 bits per heavy atom. The topological polar surface area (TPSA) is 29.5 Å². The third-order valence-electron chi connectivity index (χ3n) is 6.89. The van der Waals surface area contributed by atoms with Crippen molar-refractivity contribution in [3.63, 3.8) is 0 Å². The van der Waals surface area contributed by atoms with Gasteiger partial charge >= 0.3 is 0 Å². The van der Waals surface area contributed by atoms with Gasteiger partial charge in [-0.05, 0) is 73.4 Å². The van der Waals surface area contributed by atoms with Gasteiger partial charge in [0.15, 0.2) is 23.2 Å². The first-order valence-electron chi connectivity index (χ1n) is 12.5. The van der Waals surface area contributed by atoms with Crippen LogP contribution in [0.4, 0.5) is 22.0 Å². The van der Waals surface area contributed by atoms with Crippen LogP contribution in [0.1, 0.15) is 74.7 Å². The number of benzene rings is 3. The van der Waals surface area contributed by atoms with Gasteiger partial charge in [-0.3, -0.25) is 0 Å². The molecule has 4 rings (SSSR count). The van der Waals surface area contributed by atoms with Crippen molar-refractivity contribution in [3.05, 3.63) is 94.3 Å². The third-order valence-corrected chi connectivity index (χ3v) is 6.89. The molecule has 0 saturated carbocycles. The van der Waals surface area contributed by atoms with E-state index in [1.807, 2.05) is 6.92 Å². The highest BCUT2D eigenvalue weighted by Crippen LogP contribution is 2.40. The van der Waals surface area contributed by atoms with Crippen molar-refractivity contribution in [2.45, 2.75) is 58.0 Å². The summed E-state index contributed by atoms with van der Waals surface area (Å²) in [5.41, 5.74) is 1.37. The zero-order chi connectivity index (χ0) is 26.7. The van der Waals surface area contributed by atoms with Crippen molar-refractivity contribution >= 4 is 5.57 Å². The molecule has 3 aromatic carbocycles. The summed E-state index contributed by atoms with van der Waals surface area (Å²) in [5.74, 6) is -5.27. The van der Waals surface area contributed by atoms with Crippen molar-refractivity contribution in [2.24, 2.45) is 0 Å². The Hall–Kier alpha value is -3.19. The zero-order valence-electron chi connectivity index (χ0n) is 20.8. The van der Waals surface area contributed by atoms with E-state index in [4.69, 9.17) is 4.74 Å². The maximum Gasteiger partial charge on any atom is 0.201 e. The number of aliphatic hydroxyl groups excluding tert-OH is 1. The number of rotatable bonds is 8. The summed E-state index contributed by atoms with van der Waals surface area (Å²) in [6.45, 7) is 3.70. The maximum atomic E-state index is 15.1. The normalized spacial score (nSPS) is 16.4. The highest BCUT2D eigenvalue weighted by atomic mass is 19.2. The number of ether oxygens (including phenoxy) is 1. The van der Waals surface area contributed by atoms with E-state index in [-0.39, 0.29) is 40.5 Å². The molecule has 2 nitrogen and oxygen atoms in total. The van der Waals surface area contributed by atoms with Gasteiger partial charge in [-0.2, -0.15) is 4.39 Å². The van der Waals surface area contributed by atoms with Crippen molar-refractivity contribution in [1.29, 1.82) is 0 Å². The Labute approximate surface area is 213 Å². The summed E-state index contributed by atoms with van der Waals surface area (Å²) in [7, 11) is 0. The summed E-state index contributed by atoms with van der Waals surface area (Å²) in [6.07, 6.45) is 3.06. The van der Waals surface area contributed by atoms with E-state index < -0.39 is 35.2 Å². The average Bonchev–Trinajstić information content (AvgIpc) is 2.89. The van der Waals surface area contributed by atoms with Crippen molar-refractivity contribution in [1.82, 2.24) is 0 Å². The molecule has 0 aromatic heterocycles. The first-order valence-corrected chi connectivity index (χ1v) is 12.5. The van der Waals surface area contributed by atoms with Gasteiger partial charge < -0.3 is 9.84 Å². The minimum Gasteiger partial charge on any atom is -0.491 e. The quantitative estimate of drug-likeness (QED) is 0.304. The smallest absolute Gasteiger partial charge is 0.201 e. The molecule has 0 heterocycles. The van der Waals surface area contributed by atoms with Gasteiger partial charge in [0.2, 0.25) is 5.82 Å². The summed E-state index contributed by atoms with van der Waals surface area (Å²) in [5, 5.41) is 10.1. The van der Waals surface area contributed by atoms with Gasteiger partial charge in [0.25, 0.3) is 0 Å². The van der Waals surface area contributed by atoms with Gasteiger partial charge in [0.1, 0.15) is 5.82 Å². The SMILES string of the molecule is CCCC(O)c1ccc(C2CC=C(c3ccc(-c4ccc(OCC)c(F)c4F)cc3F)CC2)c(F)c1F. The lowest BCUT2D eigenvalue weighted by atomic mass is 9.81. The molecule has 0 aliphatic heterocycles. The number of hydrogen-bond donors (Lipinski definition) is 1. The van der Waals surface area contributed by atoms with Crippen LogP contribution < -0.4 is 4.74 Å². The zero-order valence-corrected chi connectivity index (χ0v) is 20.8. The fraction of sp³-hybridized carbons (Fsp3) is 0.333.